The van der Waals surface area contributed by atoms with Gasteiger partial charge >= 0.3 is 0 Å². The van der Waals surface area contributed by atoms with Crippen molar-refractivity contribution < 1.29 is 14.6 Å². The minimum atomic E-state index is -0.847. The number of methoxy groups -OCH3 is 2. The third-order valence-electron chi connectivity index (χ3n) is 3.40. The third kappa shape index (κ3) is 3.18. The maximum atomic E-state index is 10.7. The Morgan fingerprint density at radius 2 is 1.76 bits per heavy atom. The Bertz CT molecular complexity index is 658. The van der Waals surface area contributed by atoms with Gasteiger partial charge in [0.1, 0.15) is 17.6 Å². The number of rotatable bonds is 4. The molecule has 21 heavy (non-hydrogen) atoms. The van der Waals surface area contributed by atoms with Crippen molar-refractivity contribution in [1.82, 2.24) is 0 Å². The number of ether oxygens (including phenoxy) is 2. The second-order valence-electron chi connectivity index (χ2n) is 4.59. The van der Waals surface area contributed by atoms with Gasteiger partial charge in [-0.1, -0.05) is 23.7 Å². The average Bonchev–Trinajstić information content (AvgIpc) is 2.49. The zero-order valence-electron chi connectivity index (χ0n) is 12.0. The topological polar surface area (TPSA) is 38.7 Å². The summed E-state index contributed by atoms with van der Waals surface area (Å²) in [6.07, 6.45) is -0.847. The molecule has 2 aromatic rings. The molecule has 3 nitrogen and oxygen atoms in total. The molecule has 2 rings (SSSR count). The Morgan fingerprint density at radius 1 is 1.10 bits per heavy atom. The van der Waals surface area contributed by atoms with E-state index in [0.717, 1.165) is 15.6 Å². The lowest BCUT2D eigenvalue weighted by Gasteiger charge is -2.19. The van der Waals surface area contributed by atoms with E-state index in [9.17, 15) is 5.11 Å². The molecule has 0 bridgehead atoms. The van der Waals surface area contributed by atoms with E-state index in [-0.39, 0.29) is 0 Å². The van der Waals surface area contributed by atoms with Crippen LogP contribution in [-0.4, -0.2) is 19.3 Å². The van der Waals surface area contributed by atoms with Crippen molar-refractivity contribution in [1.29, 1.82) is 0 Å². The molecule has 0 aliphatic carbocycles. The van der Waals surface area contributed by atoms with Crippen molar-refractivity contribution >= 4 is 27.5 Å². The van der Waals surface area contributed by atoms with Gasteiger partial charge in [0.2, 0.25) is 0 Å². The molecule has 0 amide bonds. The van der Waals surface area contributed by atoms with E-state index in [2.05, 4.69) is 15.9 Å². The number of benzene rings is 2. The van der Waals surface area contributed by atoms with Crippen LogP contribution in [-0.2, 0) is 0 Å². The molecule has 0 radical (unpaired) electrons. The van der Waals surface area contributed by atoms with E-state index in [0.29, 0.717) is 22.1 Å². The predicted octanol–water partition coefficient (Wildman–Crippen LogP) is 4.51. The first-order valence-corrected chi connectivity index (χ1v) is 7.51. The van der Waals surface area contributed by atoms with Crippen LogP contribution in [0, 0.1) is 6.92 Å². The van der Waals surface area contributed by atoms with Gasteiger partial charge in [0.05, 0.1) is 18.7 Å². The summed E-state index contributed by atoms with van der Waals surface area (Å²) in [4.78, 5) is 0. The van der Waals surface area contributed by atoms with E-state index >= 15 is 0 Å². The summed E-state index contributed by atoms with van der Waals surface area (Å²) < 4.78 is 11.4. The first kappa shape index (κ1) is 16.1. The number of aliphatic hydroxyl groups is 1. The molecule has 1 N–H and O–H groups in total. The van der Waals surface area contributed by atoms with Crippen LogP contribution in [0.3, 0.4) is 0 Å². The predicted molar refractivity (Wildman–Crippen MR) is 87.5 cm³/mol. The van der Waals surface area contributed by atoms with Gasteiger partial charge in [-0.2, -0.15) is 0 Å². The van der Waals surface area contributed by atoms with Crippen molar-refractivity contribution in [3.8, 4) is 11.5 Å². The van der Waals surface area contributed by atoms with Crippen LogP contribution in [0.5, 0.6) is 11.5 Å². The normalized spacial score (nSPS) is 12.1. The van der Waals surface area contributed by atoms with Crippen LogP contribution in [0.1, 0.15) is 22.8 Å². The van der Waals surface area contributed by atoms with Crippen LogP contribution in [0.15, 0.2) is 34.8 Å². The van der Waals surface area contributed by atoms with Gasteiger partial charge in [-0.15, -0.1) is 0 Å². The molecule has 0 heterocycles. The molecule has 2 aromatic carbocycles. The Hall–Kier alpha value is -1.23. The highest BCUT2D eigenvalue weighted by atomic mass is 79.9. The molecule has 5 heteroatoms. The molecule has 0 aliphatic rings. The number of aliphatic hydroxyl groups excluding tert-OH is 1. The molecule has 1 unspecified atom stereocenters. The molecule has 1 atom stereocenters. The molecular weight excluding hydrogens is 356 g/mol. The van der Waals surface area contributed by atoms with E-state index in [4.69, 9.17) is 21.1 Å². The Labute approximate surface area is 137 Å². The summed E-state index contributed by atoms with van der Waals surface area (Å²) >= 11 is 9.53. The molecule has 0 saturated heterocycles. The smallest absolute Gasteiger partial charge is 0.133 e. The third-order valence-corrected chi connectivity index (χ3v) is 4.43. The first-order valence-electron chi connectivity index (χ1n) is 6.34. The van der Waals surface area contributed by atoms with Crippen LogP contribution >= 0.6 is 27.5 Å². The van der Waals surface area contributed by atoms with Gasteiger partial charge in [-0.3, -0.25) is 0 Å². The van der Waals surface area contributed by atoms with Gasteiger partial charge in [0.15, 0.2) is 0 Å². The molecule has 0 fully saturated rings. The number of hydrogen-bond donors (Lipinski definition) is 1. The van der Waals surface area contributed by atoms with E-state index in [1.165, 1.54) is 0 Å². The van der Waals surface area contributed by atoms with Crippen LogP contribution < -0.4 is 9.47 Å². The van der Waals surface area contributed by atoms with Gasteiger partial charge in [-0.05, 0) is 52.2 Å². The second kappa shape index (κ2) is 6.69. The quantitative estimate of drug-likeness (QED) is 0.859. The van der Waals surface area contributed by atoms with Gasteiger partial charge in [0, 0.05) is 10.6 Å². The first-order chi connectivity index (χ1) is 9.99. The summed E-state index contributed by atoms with van der Waals surface area (Å²) in [5, 5.41) is 11.3. The molecule has 0 aliphatic heterocycles. The van der Waals surface area contributed by atoms with Gasteiger partial charge in [-0.25, -0.2) is 0 Å². The Morgan fingerprint density at radius 3 is 2.38 bits per heavy atom. The second-order valence-corrected chi connectivity index (χ2v) is 5.85. The minimum absolute atomic E-state index is 0.578. The summed E-state index contributed by atoms with van der Waals surface area (Å²) in [7, 11) is 3.14. The molecule has 0 aromatic heterocycles. The maximum absolute atomic E-state index is 10.7. The van der Waals surface area contributed by atoms with Crippen LogP contribution in [0.2, 0.25) is 5.02 Å². The summed E-state index contributed by atoms with van der Waals surface area (Å²) in [6, 6.07) is 8.99. The van der Waals surface area contributed by atoms with E-state index in [1.807, 2.05) is 19.1 Å². The fourth-order valence-corrected chi connectivity index (χ4v) is 2.85. The Kier molecular flexibility index (Phi) is 5.14. The number of hydrogen-bond acceptors (Lipinski definition) is 3. The highest BCUT2D eigenvalue weighted by Crippen LogP contribution is 2.39. The van der Waals surface area contributed by atoms with Crippen molar-refractivity contribution in [2.24, 2.45) is 0 Å². The Balaban J connectivity index is 2.56. The maximum Gasteiger partial charge on any atom is 0.133 e. The molecule has 112 valence electrons. The van der Waals surface area contributed by atoms with Gasteiger partial charge in [0.25, 0.3) is 0 Å². The standard InChI is InChI=1S/C16H16BrClO3/c1-9-10(5-4-6-13(9)18)16(19)11-7-15(21-3)12(17)8-14(11)20-2/h4-8,16,19H,1-3H3. The fraction of sp³-hybridized carbons (Fsp3) is 0.250. The highest BCUT2D eigenvalue weighted by molar-refractivity contribution is 9.10. The fourth-order valence-electron chi connectivity index (χ4n) is 2.19. The van der Waals surface area contributed by atoms with Crippen molar-refractivity contribution in [3.05, 3.63) is 56.5 Å². The number of halogens is 2. The lowest BCUT2D eigenvalue weighted by molar-refractivity contribution is 0.213. The minimum Gasteiger partial charge on any atom is -0.496 e. The van der Waals surface area contributed by atoms with Crippen LogP contribution in [0.25, 0.3) is 0 Å². The van der Waals surface area contributed by atoms with Crippen molar-refractivity contribution in [3.63, 3.8) is 0 Å². The van der Waals surface area contributed by atoms with Crippen molar-refractivity contribution in [2.45, 2.75) is 13.0 Å². The summed E-state index contributed by atoms with van der Waals surface area (Å²) in [6.45, 7) is 1.88. The summed E-state index contributed by atoms with van der Waals surface area (Å²) in [5.74, 6) is 1.21. The SMILES string of the molecule is COc1cc(C(O)c2cccc(Cl)c2C)c(OC)cc1Br. The largest absolute Gasteiger partial charge is 0.496 e. The highest BCUT2D eigenvalue weighted by Gasteiger charge is 2.20. The van der Waals surface area contributed by atoms with Gasteiger partial charge < -0.3 is 14.6 Å². The average molecular weight is 372 g/mol. The molecular formula is C16H16BrClO3. The van der Waals surface area contributed by atoms with Crippen LogP contribution in [0.4, 0.5) is 0 Å². The monoisotopic (exact) mass is 370 g/mol. The van der Waals surface area contributed by atoms with Crippen molar-refractivity contribution in [2.75, 3.05) is 14.2 Å². The molecule has 0 spiro atoms. The lowest BCUT2D eigenvalue weighted by atomic mass is 9.96. The van der Waals surface area contributed by atoms with E-state index in [1.54, 1.807) is 32.4 Å². The van der Waals surface area contributed by atoms with E-state index < -0.39 is 6.10 Å². The zero-order valence-corrected chi connectivity index (χ0v) is 14.3. The zero-order chi connectivity index (χ0) is 15.6. The lowest BCUT2D eigenvalue weighted by Crippen LogP contribution is -2.05. The summed E-state index contributed by atoms with van der Waals surface area (Å²) in [5.41, 5.74) is 2.21. The molecule has 0 saturated carbocycles.